The van der Waals surface area contributed by atoms with Gasteiger partial charge in [0.25, 0.3) is 0 Å². The summed E-state index contributed by atoms with van der Waals surface area (Å²) in [5, 5.41) is 11.2. The van der Waals surface area contributed by atoms with Gasteiger partial charge in [-0.05, 0) is 92.8 Å². The Morgan fingerprint density at radius 2 is 1.87 bits per heavy atom. The Morgan fingerprint density at radius 1 is 1.13 bits per heavy atom. The van der Waals surface area contributed by atoms with Gasteiger partial charge in [-0.25, -0.2) is 0 Å². The summed E-state index contributed by atoms with van der Waals surface area (Å²) in [7, 11) is 0. The number of aliphatic hydroxyl groups is 1. The highest BCUT2D eigenvalue weighted by molar-refractivity contribution is 5.73. The fourth-order valence-electron chi connectivity index (χ4n) is 8.72. The summed E-state index contributed by atoms with van der Waals surface area (Å²) in [6.07, 6.45) is 12.0. The summed E-state index contributed by atoms with van der Waals surface area (Å²) in [6, 6.07) is 0. The highest BCUT2D eigenvalue weighted by atomic mass is 16.7. The largest absolute Gasteiger partial charge is 0.433 e. The molecule has 1 N–H and O–H groups in total. The highest BCUT2D eigenvalue weighted by Gasteiger charge is 2.68. The Kier molecular flexibility index (Phi) is 5.70. The molecule has 0 spiro atoms. The standard InChI is InChI=1S/C27H44O3/c1-7-19(17(2)3)9-8-18(4)21-10-11-22-20-12-15-27(29)26(6,16-24(28)30-27)23(20)13-14-25(21,22)5/h7,17-18,20-23,29H,8-16H2,1-6H3/b19-7+/t18?,20?,21-,22?,23?,25+,26+,27+/m0/s1. The lowest BCUT2D eigenvalue weighted by molar-refractivity contribution is -0.269. The van der Waals surface area contributed by atoms with Gasteiger partial charge in [-0.1, -0.05) is 46.3 Å². The Labute approximate surface area is 184 Å². The lowest BCUT2D eigenvalue weighted by Crippen LogP contribution is -2.58. The summed E-state index contributed by atoms with van der Waals surface area (Å²) in [5.41, 5.74) is 1.63. The fourth-order valence-corrected chi connectivity index (χ4v) is 8.72. The van der Waals surface area contributed by atoms with Crippen LogP contribution in [0.5, 0.6) is 0 Å². The average molecular weight is 417 g/mol. The van der Waals surface area contributed by atoms with Gasteiger partial charge in [-0.2, -0.15) is 0 Å². The zero-order valence-corrected chi connectivity index (χ0v) is 20.2. The van der Waals surface area contributed by atoms with Crippen molar-refractivity contribution < 1.29 is 14.6 Å². The number of carbonyl (C=O) groups excluding carboxylic acids is 1. The number of ether oxygens (including phenoxy) is 1. The Bertz CT molecular complexity index is 711. The van der Waals surface area contributed by atoms with Gasteiger partial charge >= 0.3 is 5.97 Å². The Hall–Kier alpha value is -0.830. The van der Waals surface area contributed by atoms with Crippen molar-refractivity contribution in [2.75, 3.05) is 0 Å². The topological polar surface area (TPSA) is 46.5 Å². The lowest BCUT2D eigenvalue weighted by Gasteiger charge is -2.58. The van der Waals surface area contributed by atoms with Crippen LogP contribution in [0, 0.1) is 46.3 Å². The third-order valence-corrected chi connectivity index (χ3v) is 10.5. The summed E-state index contributed by atoms with van der Waals surface area (Å²) in [4.78, 5) is 12.1. The molecule has 0 aromatic heterocycles. The summed E-state index contributed by atoms with van der Waals surface area (Å²) >= 11 is 0. The first-order valence-corrected chi connectivity index (χ1v) is 12.6. The average Bonchev–Trinajstić information content (AvgIpc) is 3.14. The van der Waals surface area contributed by atoms with Crippen LogP contribution in [-0.2, 0) is 9.53 Å². The molecule has 1 heterocycles. The van der Waals surface area contributed by atoms with E-state index in [9.17, 15) is 9.90 Å². The molecule has 4 rings (SSSR count). The molecule has 3 aliphatic carbocycles. The minimum Gasteiger partial charge on any atom is -0.433 e. The van der Waals surface area contributed by atoms with Crippen molar-refractivity contribution >= 4 is 5.97 Å². The van der Waals surface area contributed by atoms with Gasteiger partial charge < -0.3 is 9.84 Å². The van der Waals surface area contributed by atoms with Crippen molar-refractivity contribution in [2.45, 2.75) is 105 Å². The smallest absolute Gasteiger partial charge is 0.309 e. The molecule has 1 aliphatic heterocycles. The first-order valence-electron chi connectivity index (χ1n) is 12.6. The summed E-state index contributed by atoms with van der Waals surface area (Å²) in [5.74, 6) is 2.62. The van der Waals surface area contributed by atoms with E-state index >= 15 is 0 Å². The van der Waals surface area contributed by atoms with Crippen LogP contribution in [0.15, 0.2) is 11.6 Å². The van der Waals surface area contributed by atoms with E-state index in [2.05, 4.69) is 47.6 Å². The van der Waals surface area contributed by atoms with Crippen molar-refractivity contribution in [1.29, 1.82) is 0 Å². The van der Waals surface area contributed by atoms with Crippen molar-refractivity contribution in [2.24, 2.45) is 46.3 Å². The molecule has 3 saturated carbocycles. The number of hydrogen-bond donors (Lipinski definition) is 1. The molecular formula is C27H44O3. The van der Waals surface area contributed by atoms with Gasteiger partial charge in [0.15, 0.2) is 0 Å². The molecule has 0 aromatic carbocycles. The van der Waals surface area contributed by atoms with Crippen molar-refractivity contribution in [3.05, 3.63) is 11.6 Å². The zero-order valence-electron chi connectivity index (χ0n) is 20.2. The second kappa shape index (κ2) is 7.64. The molecule has 170 valence electrons. The van der Waals surface area contributed by atoms with E-state index in [4.69, 9.17) is 4.74 Å². The van der Waals surface area contributed by atoms with Gasteiger partial charge in [-0.3, -0.25) is 4.79 Å². The molecule has 4 aliphatic rings. The number of esters is 1. The predicted octanol–water partition coefficient (Wildman–Crippen LogP) is 6.50. The van der Waals surface area contributed by atoms with Crippen LogP contribution in [-0.4, -0.2) is 16.9 Å². The quantitative estimate of drug-likeness (QED) is 0.411. The highest BCUT2D eigenvalue weighted by Crippen LogP contribution is 2.69. The minimum absolute atomic E-state index is 0.197. The van der Waals surface area contributed by atoms with Crippen LogP contribution in [0.3, 0.4) is 0 Å². The normalized spacial score (nSPS) is 46.9. The van der Waals surface area contributed by atoms with Crippen molar-refractivity contribution in [3.8, 4) is 0 Å². The molecule has 0 bridgehead atoms. The van der Waals surface area contributed by atoms with E-state index in [1.54, 1.807) is 5.57 Å². The number of hydrogen-bond acceptors (Lipinski definition) is 3. The molecule has 8 atom stereocenters. The molecule has 3 heteroatoms. The predicted molar refractivity (Wildman–Crippen MR) is 121 cm³/mol. The molecule has 3 nitrogen and oxygen atoms in total. The van der Waals surface area contributed by atoms with E-state index in [1.807, 2.05) is 0 Å². The third-order valence-electron chi connectivity index (χ3n) is 10.5. The molecule has 30 heavy (non-hydrogen) atoms. The molecular weight excluding hydrogens is 372 g/mol. The summed E-state index contributed by atoms with van der Waals surface area (Å²) in [6.45, 7) is 14.0. The third kappa shape index (κ3) is 3.21. The van der Waals surface area contributed by atoms with Crippen molar-refractivity contribution in [1.82, 2.24) is 0 Å². The monoisotopic (exact) mass is 416 g/mol. The summed E-state index contributed by atoms with van der Waals surface area (Å²) < 4.78 is 5.50. The number of carbonyl (C=O) groups is 1. The van der Waals surface area contributed by atoms with E-state index in [-0.39, 0.29) is 5.97 Å². The van der Waals surface area contributed by atoms with E-state index in [1.165, 1.54) is 32.1 Å². The molecule has 0 radical (unpaired) electrons. The van der Waals surface area contributed by atoms with Crippen molar-refractivity contribution in [3.63, 3.8) is 0 Å². The lowest BCUT2D eigenvalue weighted by atomic mass is 9.47. The molecule has 0 amide bonds. The molecule has 4 unspecified atom stereocenters. The van der Waals surface area contributed by atoms with Crippen LogP contribution >= 0.6 is 0 Å². The van der Waals surface area contributed by atoms with Gasteiger partial charge in [-0.15, -0.1) is 0 Å². The SMILES string of the molecule is C/C=C(\CCC(C)[C@@H]1CCC2C3CC[C@@]4(O)OC(=O)C[C@]4(C)C3CC[C@@]21C)C(C)C. The first kappa shape index (κ1) is 22.4. The van der Waals surface area contributed by atoms with Crippen LogP contribution in [0.4, 0.5) is 0 Å². The van der Waals surface area contributed by atoms with Crippen LogP contribution in [0.25, 0.3) is 0 Å². The maximum absolute atomic E-state index is 12.1. The van der Waals surface area contributed by atoms with Gasteiger partial charge in [0.1, 0.15) is 0 Å². The number of allylic oxidation sites excluding steroid dienone is 2. The number of fused-ring (bicyclic) bond motifs is 5. The minimum atomic E-state index is -1.22. The Balaban J connectivity index is 1.50. The second-order valence-corrected chi connectivity index (χ2v) is 12.0. The van der Waals surface area contributed by atoms with Crippen LogP contribution in [0.1, 0.15) is 99.3 Å². The second-order valence-electron chi connectivity index (χ2n) is 12.0. The van der Waals surface area contributed by atoms with Gasteiger partial charge in [0, 0.05) is 11.8 Å². The molecule has 4 fully saturated rings. The zero-order chi connectivity index (χ0) is 21.9. The van der Waals surface area contributed by atoms with Gasteiger partial charge in [0.2, 0.25) is 5.79 Å². The fraction of sp³-hybridized carbons (Fsp3) is 0.889. The first-order chi connectivity index (χ1) is 14.1. The van der Waals surface area contributed by atoms with Gasteiger partial charge in [0.05, 0.1) is 6.42 Å². The van der Waals surface area contributed by atoms with E-state index in [0.717, 1.165) is 30.6 Å². The Morgan fingerprint density at radius 3 is 2.53 bits per heavy atom. The van der Waals surface area contributed by atoms with E-state index < -0.39 is 11.2 Å². The molecule has 1 saturated heterocycles. The maximum Gasteiger partial charge on any atom is 0.309 e. The molecule has 0 aromatic rings. The van der Waals surface area contributed by atoms with Crippen LogP contribution < -0.4 is 0 Å². The number of rotatable bonds is 5. The maximum atomic E-state index is 12.1. The van der Waals surface area contributed by atoms with E-state index in [0.29, 0.717) is 36.0 Å². The van der Waals surface area contributed by atoms with Crippen LogP contribution in [0.2, 0.25) is 0 Å².